The molecule has 2 fully saturated rings. The molecule has 1 saturated carbocycles. The first-order valence-corrected chi connectivity index (χ1v) is 15.1. The maximum Gasteiger partial charge on any atom is 0.224 e. The van der Waals surface area contributed by atoms with E-state index in [1.165, 1.54) is 12.8 Å². The van der Waals surface area contributed by atoms with Crippen LogP contribution < -0.4 is 15.8 Å². The maximum absolute atomic E-state index is 12.7. The Morgan fingerprint density at radius 2 is 1.74 bits per heavy atom. The van der Waals surface area contributed by atoms with Crippen LogP contribution in [0.15, 0.2) is 61.1 Å². The molecule has 42 heavy (non-hydrogen) atoms. The molecule has 0 spiro atoms. The van der Waals surface area contributed by atoms with E-state index in [1.807, 2.05) is 48.5 Å². The molecule has 3 N–H and O–H groups in total. The molecule has 1 amide bonds. The third-order valence-electron chi connectivity index (χ3n) is 9.02. The first kappa shape index (κ1) is 28.2. The summed E-state index contributed by atoms with van der Waals surface area (Å²) in [4.78, 5) is 26.9. The van der Waals surface area contributed by atoms with Gasteiger partial charge in [0, 0.05) is 56.4 Å². The van der Waals surface area contributed by atoms with E-state index in [2.05, 4.69) is 37.9 Å². The van der Waals surface area contributed by atoms with Gasteiger partial charge < -0.3 is 25.3 Å². The Morgan fingerprint density at radius 3 is 2.48 bits per heavy atom. The van der Waals surface area contributed by atoms with Crippen molar-refractivity contribution in [2.45, 2.75) is 50.6 Å². The summed E-state index contributed by atoms with van der Waals surface area (Å²) < 4.78 is 8.04. The van der Waals surface area contributed by atoms with Crippen molar-refractivity contribution in [3.63, 3.8) is 0 Å². The number of nitrogen functional groups attached to an aromatic ring is 1. The Hall–Kier alpha value is -3.95. The molecule has 2 aromatic carbocycles. The summed E-state index contributed by atoms with van der Waals surface area (Å²) in [6.45, 7) is 4.64. The number of carbonyl (C=O) groups is 1. The maximum atomic E-state index is 12.7. The van der Waals surface area contributed by atoms with E-state index >= 15 is 0 Å². The van der Waals surface area contributed by atoms with Crippen LogP contribution in [-0.4, -0.2) is 76.6 Å². The van der Waals surface area contributed by atoms with E-state index < -0.39 is 0 Å². The summed E-state index contributed by atoms with van der Waals surface area (Å²) in [5.41, 5.74) is 11.0. The van der Waals surface area contributed by atoms with Crippen molar-refractivity contribution >= 4 is 28.4 Å². The van der Waals surface area contributed by atoms with E-state index in [0.717, 1.165) is 66.7 Å². The van der Waals surface area contributed by atoms with Gasteiger partial charge in [0.1, 0.15) is 23.5 Å². The molecule has 1 aliphatic carbocycles. The predicted octanol–water partition coefficient (Wildman–Crippen LogP) is 4.99. The number of aryl methyl sites for hydroxylation is 1. The molecule has 3 heterocycles. The molecule has 0 radical (unpaired) electrons. The number of nitrogens with two attached hydrogens (primary N) is 1. The number of anilines is 2. The lowest BCUT2D eigenvalue weighted by molar-refractivity contribution is -0.116. The largest absolute Gasteiger partial charge is 0.495 e. The number of amides is 1. The number of nitrogens with one attached hydrogen (secondary N) is 1. The van der Waals surface area contributed by atoms with Gasteiger partial charge in [-0.2, -0.15) is 0 Å². The summed E-state index contributed by atoms with van der Waals surface area (Å²) >= 11 is 0. The lowest BCUT2D eigenvalue weighted by Gasteiger charge is -2.41. The van der Waals surface area contributed by atoms with Gasteiger partial charge >= 0.3 is 0 Å². The van der Waals surface area contributed by atoms with Crippen molar-refractivity contribution in [2.75, 3.05) is 51.4 Å². The molecule has 1 saturated heterocycles. The van der Waals surface area contributed by atoms with E-state index in [0.29, 0.717) is 42.2 Å². The van der Waals surface area contributed by atoms with Crippen molar-refractivity contribution < 1.29 is 9.53 Å². The highest BCUT2D eigenvalue weighted by molar-refractivity contribution is 6.01. The van der Waals surface area contributed by atoms with Crippen molar-refractivity contribution in [2.24, 2.45) is 0 Å². The van der Waals surface area contributed by atoms with Crippen LogP contribution in [0.4, 0.5) is 11.5 Å². The summed E-state index contributed by atoms with van der Waals surface area (Å²) in [5, 5.41) is 3.89. The number of piperazine rings is 1. The van der Waals surface area contributed by atoms with Crippen LogP contribution in [0, 0.1) is 0 Å². The van der Waals surface area contributed by atoms with E-state index in [9.17, 15) is 4.79 Å². The van der Waals surface area contributed by atoms with Crippen LogP contribution in [0.25, 0.3) is 22.2 Å². The number of nitrogens with zero attached hydrogens (tertiary/aromatic N) is 5. The van der Waals surface area contributed by atoms with E-state index in [1.54, 1.807) is 13.4 Å². The van der Waals surface area contributed by atoms with Gasteiger partial charge in [0.05, 0.1) is 18.2 Å². The minimum Gasteiger partial charge on any atom is -0.495 e. The summed E-state index contributed by atoms with van der Waals surface area (Å²) in [6, 6.07) is 16.9. The topological polar surface area (TPSA) is 102 Å². The number of hydrogen-bond donors (Lipinski definition) is 2. The molecule has 4 aromatic rings. The fraction of sp³-hybridized carbons (Fsp3) is 0.424. The molecule has 0 bridgehead atoms. The zero-order valence-corrected chi connectivity index (χ0v) is 24.6. The Bertz CT molecular complexity index is 1520. The second-order valence-electron chi connectivity index (χ2n) is 11.7. The normalized spacial score (nSPS) is 20.0. The Kier molecular flexibility index (Phi) is 8.39. The number of carbonyl (C=O) groups excluding carboxylic acids is 1. The number of likely N-dealkylation sites (N-methyl/N-ethyl adjacent to an activating group) is 1. The lowest BCUT2D eigenvalue weighted by atomic mass is 9.89. The monoisotopic (exact) mass is 567 g/mol. The molecule has 6 rings (SSSR count). The molecular weight excluding hydrogens is 526 g/mol. The Labute approximate surface area is 247 Å². The fourth-order valence-electron chi connectivity index (χ4n) is 6.57. The molecular formula is C33H41N7O2. The van der Waals surface area contributed by atoms with Gasteiger partial charge in [0.15, 0.2) is 0 Å². The molecule has 0 unspecified atom stereocenters. The summed E-state index contributed by atoms with van der Waals surface area (Å²) in [5.74, 6) is 1.02. The smallest absolute Gasteiger partial charge is 0.224 e. The van der Waals surface area contributed by atoms with Gasteiger partial charge in [-0.25, -0.2) is 9.97 Å². The summed E-state index contributed by atoms with van der Waals surface area (Å²) in [7, 11) is 3.83. The molecule has 9 nitrogen and oxygen atoms in total. The second-order valence-corrected chi connectivity index (χ2v) is 11.7. The van der Waals surface area contributed by atoms with E-state index in [4.69, 9.17) is 15.5 Å². The number of benzene rings is 2. The first-order chi connectivity index (χ1) is 20.5. The predicted molar refractivity (Wildman–Crippen MR) is 168 cm³/mol. The highest BCUT2D eigenvalue weighted by Crippen LogP contribution is 2.40. The van der Waals surface area contributed by atoms with E-state index in [-0.39, 0.29) is 5.91 Å². The molecule has 9 heteroatoms. The van der Waals surface area contributed by atoms with Gasteiger partial charge in [-0.3, -0.25) is 9.69 Å². The van der Waals surface area contributed by atoms with Crippen LogP contribution in [0.3, 0.4) is 0 Å². The quantitative estimate of drug-likeness (QED) is 0.309. The van der Waals surface area contributed by atoms with Crippen LogP contribution in [0.1, 0.15) is 43.7 Å². The van der Waals surface area contributed by atoms with Crippen LogP contribution >= 0.6 is 0 Å². The standard InChI is InChI=1S/C33H41N7O2/c1-38-16-18-39(19-17-38)25-10-12-26(13-11-25)40-21-27(31-32(34)35-22-36-33(31)40)24-9-14-28(29(20-24)42-2)37-30(41)15-8-23-6-4-3-5-7-23/h3-7,9,14,20-22,25-26H,8,10-13,15-19H2,1-2H3,(H,37,41)(H2,34,35,36)/t25-,26+. The molecule has 0 atom stereocenters. The third kappa shape index (κ3) is 5.98. The zero-order chi connectivity index (χ0) is 29.1. The minimum absolute atomic E-state index is 0.0497. The van der Waals surface area contributed by atoms with Crippen LogP contribution in [0.5, 0.6) is 5.75 Å². The van der Waals surface area contributed by atoms with Crippen molar-refractivity contribution in [3.8, 4) is 16.9 Å². The van der Waals surface area contributed by atoms with Crippen LogP contribution in [-0.2, 0) is 11.2 Å². The van der Waals surface area contributed by atoms with Gasteiger partial charge in [-0.05, 0) is 62.4 Å². The molecule has 2 aliphatic rings. The number of rotatable bonds is 8. The average molecular weight is 568 g/mol. The number of methoxy groups -OCH3 is 1. The average Bonchev–Trinajstić information content (AvgIpc) is 3.42. The SMILES string of the molecule is COc1cc(-c2cn([C@H]3CC[C@@H](N4CCN(C)CC4)CC3)c3ncnc(N)c23)ccc1NC(=O)CCc1ccccc1. The van der Waals surface area contributed by atoms with Gasteiger partial charge in [-0.1, -0.05) is 36.4 Å². The first-order valence-electron chi connectivity index (χ1n) is 15.1. The number of ether oxygens (including phenoxy) is 1. The van der Waals surface area contributed by atoms with Gasteiger partial charge in [-0.15, -0.1) is 0 Å². The highest BCUT2D eigenvalue weighted by Gasteiger charge is 2.30. The number of aromatic nitrogens is 3. The van der Waals surface area contributed by atoms with Crippen LogP contribution in [0.2, 0.25) is 0 Å². The van der Waals surface area contributed by atoms with Gasteiger partial charge in [0.2, 0.25) is 5.91 Å². The van der Waals surface area contributed by atoms with Gasteiger partial charge in [0.25, 0.3) is 0 Å². The fourth-order valence-corrected chi connectivity index (χ4v) is 6.57. The van der Waals surface area contributed by atoms with Crippen molar-refractivity contribution in [1.82, 2.24) is 24.3 Å². The second kappa shape index (κ2) is 12.5. The molecule has 1 aliphatic heterocycles. The highest BCUT2D eigenvalue weighted by atomic mass is 16.5. The van der Waals surface area contributed by atoms with Crippen molar-refractivity contribution in [3.05, 3.63) is 66.6 Å². The lowest BCUT2D eigenvalue weighted by Crippen LogP contribution is -2.49. The van der Waals surface area contributed by atoms with Crippen molar-refractivity contribution in [1.29, 1.82) is 0 Å². The Balaban J connectivity index is 1.21. The molecule has 2 aromatic heterocycles. The minimum atomic E-state index is -0.0497. The zero-order valence-electron chi connectivity index (χ0n) is 24.6. The number of fused-ring (bicyclic) bond motifs is 1. The number of hydrogen-bond acceptors (Lipinski definition) is 7. The third-order valence-corrected chi connectivity index (χ3v) is 9.02. The summed E-state index contributed by atoms with van der Waals surface area (Å²) in [6.07, 6.45) is 9.43. The molecule has 220 valence electrons. The Morgan fingerprint density at radius 1 is 1.00 bits per heavy atom.